The number of nitrogens with two attached hydrogens (primary N) is 1. The number of benzene rings is 1. The molecule has 1 aliphatic carbocycles. The van der Waals surface area contributed by atoms with Crippen LogP contribution in [0.2, 0.25) is 0 Å². The number of hydrogen-bond acceptors (Lipinski definition) is 4. The van der Waals surface area contributed by atoms with Gasteiger partial charge in [-0.25, -0.2) is 0 Å². The average molecular weight is 297 g/mol. The van der Waals surface area contributed by atoms with Gasteiger partial charge in [0.15, 0.2) is 0 Å². The Hall–Kier alpha value is -1.89. The Bertz CT molecular complexity index is 634. The fraction of sp³-hybridized carbons (Fsp3) is 0.429. The highest BCUT2D eigenvalue weighted by molar-refractivity contribution is 5.55. The van der Waals surface area contributed by atoms with Crippen LogP contribution in [0.15, 0.2) is 28.8 Å². The summed E-state index contributed by atoms with van der Waals surface area (Å²) in [6.45, 7) is 0. The van der Waals surface area contributed by atoms with Crippen LogP contribution < -0.4 is 5.73 Å². The SMILES string of the molecule is NC(Cc1nc(-c2cccc(C(F)(F)F)c2)no1)C1CC1. The summed E-state index contributed by atoms with van der Waals surface area (Å²) < 4.78 is 43.1. The van der Waals surface area contributed by atoms with Gasteiger partial charge in [0, 0.05) is 18.0 Å². The second kappa shape index (κ2) is 5.14. The number of alkyl halides is 3. The third-order valence-electron chi connectivity index (χ3n) is 3.55. The second-order valence-electron chi connectivity index (χ2n) is 5.30. The maximum absolute atomic E-state index is 12.7. The molecule has 21 heavy (non-hydrogen) atoms. The van der Waals surface area contributed by atoms with Crippen LogP contribution in [0.1, 0.15) is 24.3 Å². The zero-order valence-corrected chi connectivity index (χ0v) is 11.1. The summed E-state index contributed by atoms with van der Waals surface area (Å²) in [6.07, 6.45) is -1.72. The molecule has 2 N–H and O–H groups in total. The normalized spacial score (nSPS) is 17.0. The fourth-order valence-electron chi connectivity index (χ4n) is 2.18. The van der Waals surface area contributed by atoms with E-state index in [-0.39, 0.29) is 17.4 Å². The monoisotopic (exact) mass is 297 g/mol. The van der Waals surface area contributed by atoms with E-state index >= 15 is 0 Å². The zero-order chi connectivity index (χ0) is 15.0. The first-order valence-electron chi connectivity index (χ1n) is 6.69. The Kier molecular flexibility index (Phi) is 3.44. The third kappa shape index (κ3) is 3.24. The average Bonchev–Trinajstić information content (AvgIpc) is 3.19. The molecular weight excluding hydrogens is 283 g/mol. The molecule has 1 aromatic carbocycles. The molecule has 1 unspecified atom stereocenters. The summed E-state index contributed by atoms with van der Waals surface area (Å²) in [5, 5.41) is 3.73. The minimum atomic E-state index is -4.39. The summed E-state index contributed by atoms with van der Waals surface area (Å²) in [4.78, 5) is 4.13. The van der Waals surface area contributed by atoms with Crippen molar-refractivity contribution >= 4 is 0 Å². The molecule has 1 aliphatic rings. The van der Waals surface area contributed by atoms with Gasteiger partial charge in [-0.1, -0.05) is 17.3 Å². The highest BCUT2D eigenvalue weighted by Gasteiger charge is 2.31. The lowest BCUT2D eigenvalue weighted by Crippen LogP contribution is -2.25. The number of hydrogen-bond donors (Lipinski definition) is 1. The Labute approximate surface area is 119 Å². The molecule has 0 spiro atoms. The molecule has 7 heteroatoms. The van der Waals surface area contributed by atoms with Crippen LogP contribution in [0.25, 0.3) is 11.4 Å². The molecule has 1 aromatic heterocycles. The largest absolute Gasteiger partial charge is 0.416 e. The number of halogens is 3. The van der Waals surface area contributed by atoms with Crippen LogP contribution in [0.4, 0.5) is 13.2 Å². The Morgan fingerprint density at radius 3 is 2.76 bits per heavy atom. The van der Waals surface area contributed by atoms with Crippen molar-refractivity contribution in [2.24, 2.45) is 11.7 Å². The molecule has 112 valence electrons. The van der Waals surface area contributed by atoms with Crippen LogP contribution in [-0.2, 0) is 12.6 Å². The topological polar surface area (TPSA) is 64.9 Å². The van der Waals surface area contributed by atoms with E-state index in [1.54, 1.807) is 0 Å². The summed E-state index contributed by atoms with van der Waals surface area (Å²) >= 11 is 0. The van der Waals surface area contributed by atoms with Gasteiger partial charge < -0.3 is 10.3 Å². The predicted octanol–water partition coefficient (Wildman–Crippen LogP) is 3.04. The van der Waals surface area contributed by atoms with Crippen molar-refractivity contribution in [2.45, 2.75) is 31.5 Å². The highest BCUT2D eigenvalue weighted by atomic mass is 19.4. The minimum Gasteiger partial charge on any atom is -0.339 e. The van der Waals surface area contributed by atoms with Gasteiger partial charge >= 0.3 is 6.18 Å². The van der Waals surface area contributed by atoms with Gasteiger partial charge in [-0.15, -0.1) is 0 Å². The maximum atomic E-state index is 12.7. The van der Waals surface area contributed by atoms with Gasteiger partial charge in [0.1, 0.15) is 0 Å². The van der Waals surface area contributed by atoms with E-state index in [0.717, 1.165) is 25.0 Å². The standard InChI is InChI=1S/C14H14F3N3O/c15-14(16,17)10-3-1-2-9(6-10)13-19-12(21-20-13)7-11(18)8-4-5-8/h1-3,6,8,11H,4-5,7,18H2. The van der Waals surface area contributed by atoms with Gasteiger partial charge in [0.05, 0.1) is 5.56 Å². The van der Waals surface area contributed by atoms with Gasteiger partial charge in [0.2, 0.25) is 11.7 Å². The van der Waals surface area contributed by atoms with Crippen molar-refractivity contribution in [2.75, 3.05) is 0 Å². The molecule has 1 fully saturated rings. The van der Waals surface area contributed by atoms with Crippen molar-refractivity contribution in [3.05, 3.63) is 35.7 Å². The highest BCUT2D eigenvalue weighted by Crippen LogP contribution is 2.33. The Morgan fingerprint density at radius 2 is 2.10 bits per heavy atom. The van der Waals surface area contributed by atoms with E-state index in [0.29, 0.717) is 18.2 Å². The van der Waals surface area contributed by atoms with Gasteiger partial charge in [-0.2, -0.15) is 18.2 Å². The van der Waals surface area contributed by atoms with E-state index in [1.807, 2.05) is 0 Å². The smallest absolute Gasteiger partial charge is 0.339 e. The maximum Gasteiger partial charge on any atom is 0.416 e. The Balaban J connectivity index is 1.79. The summed E-state index contributed by atoms with van der Waals surface area (Å²) in [7, 11) is 0. The van der Waals surface area contributed by atoms with Crippen molar-refractivity contribution in [3.8, 4) is 11.4 Å². The first-order chi connectivity index (χ1) is 9.93. The van der Waals surface area contributed by atoms with E-state index < -0.39 is 11.7 Å². The molecule has 3 rings (SSSR count). The molecule has 0 amide bonds. The molecular formula is C14H14F3N3O. The summed E-state index contributed by atoms with van der Waals surface area (Å²) in [5.74, 6) is 1.01. The summed E-state index contributed by atoms with van der Waals surface area (Å²) in [5.41, 5.74) is 5.51. The van der Waals surface area contributed by atoms with Crippen LogP contribution in [0, 0.1) is 5.92 Å². The lowest BCUT2D eigenvalue weighted by atomic mass is 10.1. The minimum absolute atomic E-state index is 0.0280. The Morgan fingerprint density at radius 1 is 1.33 bits per heavy atom. The quantitative estimate of drug-likeness (QED) is 0.942. The molecule has 1 atom stereocenters. The van der Waals surface area contributed by atoms with Gasteiger partial charge in [-0.05, 0) is 30.9 Å². The van der Waals surface area contributed by atoms with Gasteiger partial charge in [-0.3, -0.25) is 0 Å². The molecule has 0 radical (unpaired) electrons. The third-order valence-corrected chi connectivity index (χ3v) is 3.55. The van der Waals surface area contributed by atoms with E-state index in [9.17, 15) is 13.2 Å². The van der Waals surface area contributed by atoms with E-state index in [4.69, 9.17) is 10.3 Å². The number of rotatable bonds is 4. The lowest BCUT2D eigenvalue weighted by molar-refractivity contribution is -0.137. The molecule has 1 saturated carbocycles. The lowest BCUT2D eigenvalue weighted by Gasteiger charge is -2.06. The summed E-state index contributed by atoms with van der Waals surface area (Å²) in [6, 6.07) is 4.83. The van der Waals surface area contributed by atoms with Crippen molar-refractivity contribution in [1.29, 1.82) is 0 Å². The van der Waals surface area contributed by atoms with E-state index in [2.05, 4.69) is 10.1 Å². The van der Waals surface area contributed by atoms with Crippen molar-refractivity contribution in [1.82, 2.24) is 10.1 Å². The van der Waals surface area contributed by atoms with Crippen molar-refractivity contribution < 1.29 is 17.7 Å². The second-order valence-corrected chi connectivity index (χ2v) is 5.30. The first-order valence-corrected chi connectivity index (χ1v) is 6.69. The number of nitrogens with zero attached hydrogens (tertiary/aromatic N) is 2. The molecule has 0 bridgehead atoms. The molecule has 2 aromatic rings. The van der Waals surface area contributed by atoms with Crippen LogP contribution in [0.3, 0.4) is 0 Å². The molecule has 4 nitrogen and oxygen atoms in total. The van der Waals surface area contributed by atoms with Gasteiger partial charge in [0.25, 0.3) is 0 Å². The van der Waals surface area contributed by atoms with Crippen molar-refractivity contribution in [3.63, 3.8) is 0 Å². The molecule has 1 heterocycles. The fourth-order valence-corrected chi connectivity index (χ4v) is 2.18. The van der Waals surface area contributed by atoms with Crippen LogP contribution in [0.5, 0.6) is 0 Å². The predicted molar refractivity (Wildman–Crippen MR) is 69.1 cm³/mol. The molecule has 0 saturated heterocycles. The molecule has 0 aliphatic heterocycles. The first kappa shape index (κ1) is 14.1. The van der Waals surface area contributed by atoms with Crippen LogP contribution >= 0.6 is 0 Å². The zero-order valence-electron chi connectivity index (χ0n) is 11.1. The van der Waals surface area contributed by atoms with Crippen LogP contribution in [-0.4, -0.2) is 16.2 Å². The number of aromatic nitrogens is 2. The van der Waals surface area contributed by atoms with E-state index in [1.165, 1.54) is 12.1 Å².